The lowest BCUT2D eigenvalue weighted by atomic mass is 9.89. The van der Waals surface area contributed by atoms with E-state index in [0.29, 0.717) is 24.2 Å². The van der Waals surface area contributed by atoms with E-state index < -0.39 is 10.0 Å². The molecule has 1 aliphatic carbocycles. The predicted molar refractivity (Wildman–Crippen MR) is 113 cm³/mol. The Kier molecular flexibility index (Phi) is 8.64. The Morgan fingerprint density at radius 1 is 0.931 bits per heavy atom. The lowest BCUT2D eigenvalue weighted by molar-refractivity contribution is -0.126. The minimum Gasteiger partial charge on any atom is -0.354 e. The molecule has 2 rings (SSSR count). The fraction of sp³-hybridized carbons (Fsp3) is 0.619. The van der Waals surface area contributed by atoms with Crippen molar-refractivity contribution in [3.05, 3.63) is 28.8 Å². The van der Waals surface area contributed by atoms with E-state index in [1.165, 1.54) is 6.42 Å². The summed E-state index contributed by atoms with van der Waals surface area (Å²) in [6, 6.07) is 3.66. The van der Waals surface area contributed by atoms with E-state index in [9.17, 15) is 18.0 Å². The zero-order valence-corrected chi connectivity index (χ0v) is 18.5. The summed E-state index contributed by atoms with van der Waals surface area (Å²) >= 11 is 0. The number of benzene rings is 1. The lowest BCUT2D eigenvalue weighted by Crippen LogP contribution is -2.39. The summed E-state index contributed by atoms with van der Waals surface area (Å²) in [4.78, 5) is 24.2. The average molecular weight is 424 g/mol. The molecule has 2 amide bonds. The maximum absolute atomic E-state index is 12.6. The van der Waals surface area contributed by atoms with Crippen molar-refractivity contribution in [2.24, 2.45) is 5.92 Å². The highest BCUT2D eigenvalue weighted by molar-refractivity contribution is 7.89. The zero-order chi connectivity index (χ0) is 21.4. The molecule has 1 aliphatic rings. The second-order valence-corrected chi connectivity index (χ2v) is 9.56. The lowest BCUT2D eigenvalue weighted by Gasteiger charge is -2.20. The summed E-state index contributed by atoms with van der Waals surface area (Å²) in [6.45, 7) is 6.20. The molecule has 0 saturated heterocycles. The molecular weight excluding hydrogens is 390 g/mol. The van der Waals surface area contributed by atoms with Crippen molar-refractivity contribution >= 4 is 21.8 Å². The Hall–Kier alpha value is -1.93. The summed E-state index contributed by atoms with van der Waals surface area (Å²) < 4.78 is 27.6. The van der Waals surface area contributed by atoms with E-state index in [-0.39, 0.29) is 35.6 Å². The van der Waals surface area contributed by atoms with Gasteiger partial charge in [-0.1, -0.05) is 37.0 Å². The Labute approximate surface area is 174 Å². The predicted octanol–water partition coefficient (Wildman–Crippen LogP) is 2.09. The topological polar surface area (TPSA) is 104 Å². The van der Waals surface area contributed by atoms with Gasteiger partial charge in [0, 0.05) is 32.0 Å². The van der Waals surface area contributed by atoms with Gasteiger partial charge in [0.05, 0.1) is 4.90 Å². The van der Waals surface area contributed by atoms with Crippen LogP contribution in [0.3, 0.4) is 0 Å². The second-order valence-electron chi connectivity index (χ2n) is 7.85. The highest BCUT2D eigenvalue weighted by Gasteiger charge is 2.21. The van der Waals surface area contributed by atoms with Crippen molar-refractivity contribution in [3.8, 4) is 0 Å². The van der Waals surface area contributed by atoms with E-state index in [2.05, 4.69) is 15.4 Å². The van der Waals surface area contributed by atoms with Crippen LogP contribution >= 0.6 is 0 Å². The number of amides is 2. The molecular formula is C21H33N3O4S. The van der Waals surface area contributed by atoms with Crippen LogP contribution in [0.5, 0.6) is 0 Å². The van der Waals surface area contributed by atoms with Gasteiger partial charge < -0.3 is 10.6 Å². The second kappa shape index (κ2) is 10.7. The number of carbonyl (C=O) groups excluding carboxylic acids is 2. The van der Waals surface area contributed by atoms with Gasteiger partial charge in [-0.05, 0) is 44.7 Å². The highest BCUT2D eigenvalue weighted by atomic mass is 32.2. The zero-order valence-electron chi connectivity index (χ0n) is 17.6. The summed E-state index contributed by atoms with van der Waals surface area (Å²) in [5.74, 6) is -0.0879. The van der Waals surface area contributed by atoms with Gasteiger partial charge in [0.1, 0.15) is 0 Å². The van der Waals surface area contributed by atoms with Gasteiger partial charge in [-0.15, -0.1) is 0 Å². The summed E-state index contributed by atoms with van der Waals surface area (Å²) in [7, 11) is -3.67. The van der Waals surface area contributed by atoms with Crippen molar-refractivity contribution in [2.75, 3.05) is 19.6 Å². The molecule has 0 spiro atoms. The molecule has 8 heteroatoms. The first kappa shape index (κ1) is 23.3. The van der Waals surface area contributed by atoms with E-state index in [1.807, 2.05) is 19.1 Å². The first-order valence-corrected chi connectivity index (χ1v) is 11.8. The molecule has 0 radical (unpaired) electrons. The number of rotatable bonds is 9. The van der Waals surface area contributed by atoms with E-state index in [1.54, 1.807) is 13.8 Å². The Bertz CT molecular complexity index is 807. The number of hydrogen-bond acceptors (Lipinski definition) is 4. The molecule has 1 fully saturated rings. The summed E-state index contributed by atoms with van der Waals surface area (Å²) in [5, 5.41) is 5.57. The first-order valence-electron chi connectivity index (χ1n) is 10.3. The molecule has 0 heterocycles. The summed E-state index contributed by atoms with van der Waals surface area (Å²) in [6.07, 6.45) is 5.33. The largest absolute Gasteiger partial charge is 0.354 e. The number of carbonyl (C=O) groups is 2. The van der Waals surface area contributed by atoms with Crippen LogP contribution in [0.1, 0.15) is 55.2 Å². The van der Waals surface area contributed by atoms with Gasteiger partial charge in [-0.3, -0.25) is 9.59 Å². The molecule has 0 atom stereocenters. The molecule has 0 aliphatic heterocycles. The van der Waals surface area contributed by atoms with E-state index >= 15 is 0 Å². The Morgan fingerprint density at radius 2 is 1.52 bits per heavy atom. The Balaban J connectivity index is 1.69. The molecule has 29 heavy (non-hydrogen) atoms. The van der Waals surface area contributed by atoms with Gasteiger partial charge in [0.15, 0.2) is 0 Å². The number of hydrogen-bond donors (Lipinski definition) is 3. The fourth-order valence-electron chi connectivity index (χ4n) is 3.95. The molecule has 1 aromatic carbocycles. The van der Waals surface area contributed by atoms with Crippen molar-refractivity contribution < 1.29 is 18.0 Å². The maximum Gasteiger partial charge on any atom is 0.241 e. The van der Waals surface area contributed by atoms with Gasteiger partial charge in [0.2, 0.25) is 21.8 Å². The third kappa shape index (κ3) is 7.12. The molecule has 1 saturated carbocycles. The van der Waals surface area contributed by atoms with Gasteiger partial charge >= 0.3 is 0 Å². The molecule has 0 bridgehead atoms. The first-order chi connectivity index (χ1) is 13.7. The van der Waals surface area contributed by atoms with E-state index in [4.69, 9.17) is 0 Å². The van der Waals surface area contributed by atoms with Gasteiger partial charge in [-0.2, -0.15) is 0 Å². The SMILES string of the molecule is Cc1cc(C)c(S(=O)(=O)NCCC(=O)NCCNC(=O)C2CCCCC2)c(C)c1. The highest BCUT2D eigenvalue weighted by Crippen LogP contribution is 2.23. The monoisotopic (exact) mass is 423 g/mol. The van der Waals surface area contributed by atoms with Crippen molar-refractivity contribution in [1.82, 2.24) is 15.4 Å². The normalized spacial score (nSPS) is 15.1. The molecule has 162 valence electrons. The third-order valence-electron chi connectivity index (χ3n) is 5.24. The van der Waals surface area contributed by atoms with Crippen LogP contribution in [-0.4, -0.2) is 39.9 Å². The van der Waals surface area contributed by atoms with Crippen molar-refractivity contribution in [2.45, 2.75) is 64.2 Å². The molecule has 0 aromatic heterocycles. The van der Waals surface area contributed by atoms with Crippen LogP contribution in [0, 0.1) is 26.7 Å². The Morgan fingerprint density at radius 3 is 2.14 bits per heavy atom. The van der Waals surface area contributed by atoms with Crippen LogP contribution in [-0.2, 0) is 19.6 Å². The third-order valence-corrected chi connectivity index (χ3v) is 7.01. The smallest absolute Gasteiger partial charge is 0.241 e. The van der Waals surface area contributed by atoms with Gasteiger partial charge in [-0.25, -0.2) is 13.1 Å². The molecule has 1 aromatic rings. The minimum atomic E-state index is -3.67. The van der Waals surface area contributed by atoms with Crippen LogP contribution in [0.25, 0.3) is 0 Å². The quantitative estimate of drug-likeness (QED) is 0.529. The number of aryl methyl sites for hydroxylation is 3. The van der Waals surface area contributed by atoms with Crippen LogP contribution in [0.2, 0.25) is 0 Å². The standard InChI is InChI=1S/C21H33N3O4S/c1-15-13-16(2)20(17(3)14-15)29(27,28)24-10-9-19(25)22-11-12-23-21(26)18-7-5-4-6-8-18/h13-14,18,24H,4-12H2,1-3H3,(H,22,25)(H,23,26). The van der Waals surface area contributed by atoms with E-state index in [0.717, 1.165) is 31.2 Å². The number of nitrogens with one attached hydrogen (secondary N) is 3. The van der Waals surface area contributed by atoms with Crippen LogP contribution in [0.4, 0.5) is 0 Å². The molecule has 3 N–H and O–H groups in total. The molecule has 0 unspecified atom stereocenters. The maximum atomic E-state index is 12.6. The average Bonchev–Trinajstić information content (AvgIpc) is 2.64. The minimum absolute atomic E-state index is 0.0232. The molecule has 7 nitrogen and oxygen atoms in total. The van der Waals surface area contributed by atoms with Crippen LogP contribution in [0.15, 0.2) is 17.0 Å². The number of sulfonamides is 1. The van der Waals surface area contributed by atoms with Gasteiger partial charge in [0.25, 0.3) is 0 Å². The van der Waals surface area contributed by atoms with Crippen LogP contribution < -0.4 is 15.4 Å². The fourth-order valence-corrected chi connectivity index (χ4v) is 5.43. The van der Waals surface area contributed by atoms with Crippen molar-refractivity contribution in [3.63, 3.8) is 0 Å². The summed E-state index contributed by atoms with van der Waals surface area (Å²) in [5.41, 5.74) is 2.38. The van der Waals surface area contributed by atoms with Crippen molar-refractivity contribution in [1.29, 1.82) is 0 Å².